The van der Waals surface area contributed by atoms with Crippen molar-refractivity contribution in [3.05, 3.63) is 33.5 Å². The van der Waals surface area contributed by atoms with Crippen LogP contribution in [0.15, 0.2) is 12.1 Å². The summed E-state index contributed by atoms with van der Waals surface area (Å²) in [5.41, 5.74) is 3.06. The zero-order valence-electron chi connectivity index (χ0n) is 9.45. The number of hydrogen-bond acceptors (Lipinski definition) is 3. The van der Waals surface area contributed by atoms with E-state index in [1.807, 2.05) is 6.07 Å². The van der Waals surface area contributed by atoms with E-state index >= 15 is 0 Å². The lowest BCUT2D eigenvalue weighted by atomic mass is 10.1. The van der Waals surface area contributed by atoms with Crippen LogP contribution in [0, 0.1) is 10.1 Å². The third-order valence-electron chi connectivity index (χ3n) is 3.34. The molecule has 0 saturated carbocycles. The van der Waals surface area contributed by atoms with Gasteiger partial charge in [-0.25, -0.2) is 0 Å². The van der Waals surface area contributed by atoms with E-state index in [1.54, 1.807) is 0 Å². The average Bonchev–Trinajstić information content (AvgIpc) is 2.87. The van der Waals surface area contributed by atoms with Crippen LogP contribution in [0.25, 0.3) is 10.9 Å². The van der Waals surface area contributed by atoms with Crippen molar-refractivity contribution in [1.82, 2.24) is 4.98 Å². The van der Waals surface area contributed by atoms with Crippen molar-refractivity contribution in [3.8, 4) is 5.75 Å². The fraction of sp³-hybridized carbons (Fsp3) is 0.333. The molecule has 3 rings (SSSR count). The van der Waals surface area contributed by atoms with E-state index < -0.39 is 0 Å². The summed E-state index contributed by atoms with van der Waals surface area (Å²) in [5.74, 6) is 0.540. The Balaban J connectivity index is 2.36. The van der Waals surface area contributed by atoms with E-state index in [9.17, 15) is 10.1 Å². The number of aromatic amines is 1. The van der Waals surface area contributed by atoms with Crippen LogP contribution < -0.4 is 4.74 Å². The Labute approximate surface area is 97.5 Å². The fourth-order valence-corrected chi connectivity index (χ4v) is 2.56. The van der Waals surface area contributed by atoms with Crippen molar-refractivity contribution in [3.63, 3.8) is 0 Å². The van der Waals surface area contributed by atoms with Crippen LogP contribution in [0.5, 0.6) is 5.75 Å². The second kappa shape index (κ2) is 3.48. The van der Waals surface area contributed by atoms with Gasteiger partial charge in [0.25, 0.3) is 5.69 Å². The Bertz CT molecular complexity index is 616. The third kappa shape index (κ3) is 1.39. The molecule has 0 unspecified atom stereocenters. The number of nitro benzene ring substituents is 1. The van der Waals surface area contributed by atoms with Crippen molar-refractivity contribution in [2.45, 2.75) is 19.3 Å². The normalized spacial score (nSPS) is 13.9. The third-order valence-corrected chi connectivity index (χ3v) is 3.34. The number of aryl methyl sites for hydroxylation is 2. The quantitative estimate of drug-likeness (QED) is 0.639. The molecule has 0 radical (unpaired) electrons. The molecular formula is C12H12N2O3. The molecule has 5 nitrogen and oxygen atoms in total. The lowest BCUT2D eigenvalue weighted by molar-refractivity contribution is -0.383. The summed E-state index contributed by atoms with van der Waals surface area (Å²) in [6, 6.07) is 3.34. The number of nitro groups is 1. The SMILES string of the molecule is COc1cc([N+](=O)[O-])c2[nH]c3c(c2c1)CCC3. The molecule has 5 heteroatoms. The maximum absolute atomic E-state index is 11.0. The molecule has 17 heavy (non-hydrogen) atoms. The molecule has 1 aromatic carbocycles. The molecule has 1 aromatic heterocycles. The molecule has 0 amide bonds. The molecule has 0 saturated heterocycles. The molecule has 0 aliphatic heterocycles. The first-order chi connectivity index (χ1) is 8.20. The van der Waals surface area contributed by atoms with E-state index in [1.165, 1.54) is 18.7 Å². The topological polar surface area (TPSA) is 68.2 Å². The Morgan fingerprint density at radius 3 is 2.94 bits per heavy atom. The van der Waals surface area contributed by atoms with Crippen LogP contribution in [-0.2, 0) is 12.8 Å². The van der Waals surface area contributed by atoms with Crippen molar-refractivity contribution in [2.24, 2.45) is 0 Å². The Morgan fingerprint density at radius 1 is 1.41 bits per heavy atom. The zero-order valence-corrected chi connectivity index (χ0v) is 9.45. The van der Waals surface area contributed by atoms with Crippen molar-refractivity contribution in [2.75, 3.05) is 7.11 Å². The first-order valence-electron chi connectivity index (χ1n) is 5.56. The molecule has 2 aromatic rings. The van der Waals surface area contributed by atoms with Gasteiger partial charge in [-0.1, -0.05) is 0 Å². The van der Waals surface area contributed by atoms with Gasteiger partial charge in [0.05, 0.1) is 18.1 Å². The zero-order chi connectivity index (χ0) is 12.0. The van der Waals surface area contributed by atoms with Crippen LogP contribution in [0.4, 0.5) is 5.69 Å². The van der Waals surface area contributed by atoms with Gasteiger partial charge in [-0.15, -0.1) is 0 Å². The van der Waals surface area contributed by atoms with Crippen LogP contribution >= 0.6 is 0 Å². The van der Waals surface area contributed by atoms with Crippen molar-refractivity contribution < 1.29 is 9.66 Å². The highest BCUT2D eigenvalue weighted by molar-refractivity contribution is 5.93. The van der Waals surface area contributed by atoms with Gasteiger partial charge in [-0.3, -0.25) is 10.1 Å². The molecule has 88 valence electrons. The number of benzene rings is 1. The fourth-order valence-electron chi connectivity index (χ4n) is 2.56. The Hall–Kier alpha value is -2.04. The molecule has 0 bridgehead atoms. The predicted molar refractivity (Wildman–Crippen MR) is 63.5 cm³/mol. The largest absolute Gasteiger partial charge is 0.496 e. The summed E-state index contributed by atoms with van der Waals surface area (Å²) in [6.45, 7) is 0. The number of H-pyrrole nitrogens is 1. The molecule has 1 aliphatic carbocycles. The highest BCUT2D eigenvalue weighted by Crippen LogP contribution is 2.37. The number of nitrogens with one attached hydrogen (secondary N) is 1. The number of non-ortho nitro benzene ring substituents is 1. The second-order valence-electron chi connectivity index (χ2n) is 4.26. The summed E-state index contributed by atoms with van der Waals surface area (Å²) in [7, 11) is 1.53. The summed E-state index contributed by atoms with van der Waals surface area (Å²) in [6.07, 6.45) is 3.07. The van der Waals surface area contributed by atoms with E-state index in [0.29, 0.717) is 11.3 Å². The van der Waals surface area contributed by atoms with Crippen molar-refractivity contribution in [1.29, 1.82) is 0 Å². The maximum Gasteiger partial charge on any atom is 0.296 e. The highest BCUT2D eigenvalue weighted by Gasteiger charge is 2.23. The highest BCUT2D eigenvalue weighted by atomic mass is 16.6. The minimum absolute atomic E-state index is 0.0914. The minimum Gasteiger partial charge on any atom is -0.496 e. The van der Waals surface area contributed by atoms with Gasteiger partial charge in [0.15, 0.2) is 0 Å². The number of aromatic nitrogens is 1. The van der Waals surface area contributed by atoms with Crippen molar-refractivity contribution >= 4 is 16.6 Å². The van der Waals surface area contributed by atoms with Crippen LogP contribution in [0.1, 0.15) is 17.7 Å². The number of fused-ring (bicyclic) bond motifs is 3. The standard InChI is InChI=1S/C12H12N2O3/c1-17-7-5-9-8-3-2-4-10(8)13-12(9)11(6-7)14(15)16/h5-6,13H,2-4H2,1H3. The minimum atomic E-state index is -0.365. The number of methoxy groups -OCH3 is 1. The number of hydrogen-bond donors (Lipinski definition) is 1. The first-order valence-corrected chi connectivity index (χ1v) is 5.56. The number of ether oxygens (including phenoxy) is 1. The summed E-state index contributed by atoms with van der Waals surface area (Å²) in [4.78, 5) is 13.9. The van der Waals surface area contributed by atoms with E-state index in [0.717, 1.165) is 30.3 Å². The van der Waals surface area contributed by atoms with Crippen LogP contribution in [0.2, 0.25) is 0 Å². The molecule has 1 aliphatic rings. The average molecular weight is 232 g/mol. The second-order valence-corrected chi connectivity index (χ2v) is 4.26. The lowest BCUT2D eigenvalue weighted by Crippen LogP contribution is -1.92. The first kappa shape index (κ1) is 10.1. The van der Waals surface area contributed by atoms with Gasteiger partial charge in [0.1, 0.15) is 11.3 Å². The predicted octanol–water partition coefficient (Wildman–Crippen LogP) is 2.57. The van der Waals surface area contributed by atoms with Gasteiger partial charge in [0, 0.05) is 11.1 Å². The van der Waals surface area contributed by atoms with Gasteiger partial charge in [0.2, 0.25) is 0 Å². The Morgan fingerprint density at radius 2 is 2.24 bits per heavy atom. The maximum atomic E-state index is 11.0. The van der Waals surface area contributed by atoms with E-state index in [2.05, 4.69) is 4.98 Å². The molecule has 1 N–H and O–H groups in total. The Kier molecular flexibility index (Phi) is 2.07. The number of rotatable bonds is 2. The molecular weight excluding hydrogens is 220 g/mol. The monoisotopic (exact) mass is 232 g/mol. The summed E-state index contributed by atoms with van der Waals surface area (Å²) >= 11 is 0. The van der Waals surface area contributed by atoms with Gasteiger partial charge in [-0.05, 0) is 30.9 Å². The summed E-state index contributed by atoms with van der Waals surface area (Å²) in [5, 5.41) is 12.0. The molecule has 0 fully saturated rings. The van der Waals surface area contributed by atoms with Gasteiger partial charge >= 0.3 is 0 Å². The smallest absolute Gasteiger partial charge is 0.296 e. The van der Waals surface area contributed by atoms with E-state index in [4.69, 9.17) is 4.74 Å². The summed E-state index contributed by atoms with van der Waals surface area (Å²) < 4.78 is 5.12. The molecule has 1 heterocycles. The number of nitrogens with zero attached hydrogens (tertiary/aromatic N) is 1. The lowest BCUT2D eigenvalue weighted by Gasteiger charge is -2.02. The van der Waals surface area contributed by atoms with E-state index in [-0.39, 0.29) is 10.6 Å². The molecule has 0 spiro atoms. The van der Waals surface area contributed by atoms with Crippen LogP contribution in [-0.4, -0.2) is 17.0 Å². The van der Waals surface area contributed by atoms with Crippen LogP contribution in [0.3, 0.4) is 0 Å². The van der Waals surface area contributed by atoms with Gasteiger partial charge in [-0.2, -0.15) is 0 Å². The molecule has 0 atom stereocenters. The van der Waals surface area contributed by atoms with Gasteiger partial charge < -0.3 is 9.72 Å².